The summed E-state index contributed by atoms with van der Waals surface area (Å²) in [5.41, 5.74) is 3.77. The number of rotatable bonds is 2. The molecule has 3 rings (SSSR count). The first-order valence-corrected chi connectivity index (χ1v) is 7.61. The number of aromatic nitrogens is 1. The molecule has 2 aromatic heterocycles. The first-order chi connectivity index (χ1) is 10.5. The van der Waals surface area contributed by atoms with E-state index in [4.69, 9.17) is 9.73 Å². The van der Waals surface area contributed by atoms with Crippen LogP contribution in [0.15, 0.2) is 10.6 Å². The molecule has 3 heterocycles. The molecule has 0 saturated carbocycles. The van der Waals surface area contributed by atoms with Gasteiger partial charge in [0.05, 0.1) is 17.1 Å². The van der Waals surface area contributed by atoms with Gasteiger partial charge >= 0.3 is 0 Å². The van der Waals surface area contributed by atoms with E-state index in [1.54, 1.807) is 30.3 Å². The molecule has 0 aromatic carbocycles. The zero-order valence-electron chi connectivity index (χ0n) is 12.2. The summed E-state index contributed by atoms with van der Waals surface area (Å²) in [7, 11) is 0. The number of nitrogens with one attached hydrogen (secondary N) is 1. The number of carbonyl (C=O) groups excluding carboxylic acids is 2. The third-order valence-electron chi connectivity index (χ3n) is 3.74. The zero-order valence-corrected chi connectivity index (χ0v) is 13.0. The van der Waals surface area contributed by atoms with E-state index in [1.165, 1.54) is 11.3 Å². The zero-order chi connectivity index (χ0) is 15.9. The van der Waals surface area contributed by atoms with Crippen molar-refractivity contribution in [2.24, 2.45) is 0 Å². The molecule has 0 radical (unpaired) electrons. The van der Waals surface area contributed by atoms with Gasteiger partial charge in [0.2, 0.25) is 0 Å². The third kappa shape index (κ3) is 2.40. The van der Waals surface area contributed by atoms with E-state index in [9.17, 15) is 9.59 Å². The molecule has 0 fully saturated rings. The van der Waals surface area contributed by atoms with Crippen LogP contribution >= 0.6 is 11.3 Å². The molecule has 0 unspecified atom stereocenters. The van der Waals surface area contributed by atoms with Crippen molar-refractivity contribution in [1.29, 1.82) is 0 Å². The highest BCUT2D eigenvalue weighted by Gasteiger charge is 2.28. The molecule has 116 valence electrons. The molecule has 0 bridgehead atoms. The average Bonchev–Trinajstić information content (AvgIpc) is 3.08. The van der Waals surface area contributed by atoms with Gasteiger partial charge < -0.3 is 9.42 Å². The number of hydrogen-bond donors (Lipinski definition) is 2. The van der Waals surface area contributed by atoms with Gasteiger partial charge in [0.25, 0.3) is 11.8 Å². The highest BCUT2D eigenvalue weighted by Crippen LogP contribution is 2.29. The minimum Gasteiger partial charge on any atom is -0.361 e. The normalized spacial score (nSPS) is 13.9. The molecule has 0 atom stereocenters. The number of fused-ring (bicyclic) bond motifs is 1. The Morgan fingerprint density at radius 3 is 2.86 bits per heavy atom. The predicted molar refractivity (Wildman–Crippen MR) is 78.0 cm³/mol. The Bertz CT molecular complexity index is 730. The summed E-state index contributed by atoms with van der Waals surface area (Å²) in [6.45, 7) is 4.49. The van der Waals surface area contributed by atoms with Crippen molar-refractivity contribution in [3.8, 4) is 0 Å². The molecule has 1 aliphatic rings. The number of aryl methyl sites for hydroxylation is 2. The first-order valence-electron chi connectivity index (χ1n) is 6.79. The van der Waals surface area contributed by atoms with Crippen molar-refractivity contribution in [3.63, 3.8) is 0 Å². The number of nitrogens with zero attached hydrogens (tertiary/aromatic N) is 2. The Balaban J connectivity index is 1.84. The van der Waals surface area contributed by atoms with Crippen LogP contribution in [-0.4, -0.2) is 33.6 Å². The van der Waals surface area contributed by atoms with Crippen molar-refractivity contribution in [1.82, 2.24) is 15.5 Å². The van der Waals surface area contributed by atoms with E-state index in [2.05, 4.69) is 5.16 Å². The van der Waals surface area contributed by atoms with E-state index in [0.29, 0.717) is 41.4 Å². The smallest absolute Gasteiger partial charge is 0.284 e. The maximum absolute atomic E-state index is 12.6. The lowest BCUT2D eigenvalue weighted by molar-refractivity contribution is 0.0709. The largest absolute Gasteiger partial charge is 0.361 e. The molecule has 8 heteroatoms. The summed E-state index contributed by atoms with van der Waals surface area (Å²) < 4.78 is 5.05. The SMILES string of the molecule is Cc1noc(C)c1C(=O)N1CCc2cc(C(=O)NO)sc2C1. The summed E-state index contributed by atoms with van der Waals surface area (Å²) in [6.07, 6.45) is 0.680. The standard InChI is InChI=1S/C14H15N3O4S/c1-7-12(8(2)21-16-7)14(19)17-4-3-9-5-10(13(18)15-20)22-11(9)6-17/h5,20H,3-4,6H2,1-2H3,(H,15,18). The fraction of sp³-hybridized carbons (Fsp3) is 0.357. The van der Waals surface area contributed by atoms with Crippen molar-refractivity contribution in [3.05, 3.63) is 38.4 Å². The second-order valence-electron chi connectivity index (χ2n) is 5.18. The number of carbonyl (C=O) groups is 2. The number of thiophene rings is 1. The van der Waals surface area contributed by atoms with Crippen LogP contribution < -0.4 is 5.48 Å². The minimum absolute atomic E-state index is 0.108. The molecule has 1 aliphatic heterocycles. The van der Waals surface area contributed by atoms with Crippen LogP contribution in [-0.2, 0) is 13.0 Å². The van der Waals surface area contributed by atoms with Crippen molar-refractivity contribution < 1.29 is 19.3 Å². The number of hydrogen-bond acceptors (Lipinski definition) is 6. The fourth-order valence-corrected chi connectivity index (χ4v) is 3.72. The highest BCUT2D eigenvalue weighted by atomic mass is 32.1. The van der Waals surface area contributed by atoms with Gasteiger partial charge in [0.15, 0.2) is 0 Å². The summed E-state index contributed by atoms with van der Waals surface area (Å²) in [5.74, 6) is -0.119. The maximum Gasteiger partial charge on any atom is 0.284 e. The lowest BCUT2D eigenvalue weighted by Gasteiger charge is -2.26. The molecule has 2 aromatic rings. The highest BCUT2D eigenvalue weighted by molar-refractivity contribution is 7.14. The first kappa shape index (κ1) is 14.7. The van der Waals surface area contributed by atoms with Crippen LogP contribution in [0.2, 0.25) is 0 Å². The van der Waals surface area contributed by atoms with Crippen molar-refractivity contribution in [2.45, 2.75) is 26.8 Å². The Labute approximate surface area is 130 Å². The quantitative estimate of drug-likeness (QED) is 0.648. The Morgan fingerprint density at radius 2 is 2.23 bits per heavy atom. The fourth-order valence-electron chi connectivity index (χ4n) is 2.61. The Hall–Kier alpha value is -2.19. The molecule has 0 saturated heterocycles. The topological polar surface area (TPSA) is 95.7 Å². The second kappa shape index (κ2) is 5.54. The molecular formula is C14H15N3O4S. The summed E-state index contributed by atoms with van der Waals surface area (Å²) in [4.78, 5) is 27.2. The van der Waals surface area contributed by atoms with Crippen LogP contribution in [0.25, 0.3) is 0 Å². The van der Waals surface area contributed by atoms with E-state index in [1.807, 2.05) is 0 Å². The Morgan fingerprint density at radius 1 is 1.45 bits per heavy atom. The monoisotopic (exact) mass is 321 g/mol. The summed E-state index contributed by atoms with van der Waals surface area (Å²) >= 11 is 1.29. The van der Waals surface area contributed by atoms with Gasteiger partial charge in [-0.2, -0.15) is 0 Å². The average molecular weight is 321 g/mol. The van der Waals surface area contributed by atoms with E-state index in [0.717, 1.165) is 10.4 Å². The van der Waals surface area contributed by atoms with Crippen LogP contribution in [0.3, 0.4) is 0 Å². The molecule has 0 spiro atoms. The summed E-state index contributed by atoms with van der Waals surface area (Å²) in [5, 5.41) is 12.5. The molecule has 0 aliphatic carbocycles. The second-order valence-corrected chi connectivity index (χ2v) is 6.31. The van der Waals surface area contributed by atoms with Gasteiger partial charge in [-0.05, 0) is 31.9 Å². The van der Waals surface area contributed by atoms with Gasteiger partial charge in [0.1, 0.15) is 11.3 Å². The molecular weight excluding hydrogens is 306 g/mol. The van der Waals surface area contributed by atoms with Gasteiger partial charge in [-0.1, -0.05) is 5.16 Å². The number of amides is 2. The molecule has 2 N–H and O–H groups in total. The third-order valence-corrected chi connectivity index (χ3v) is 4.90. The van der Waals surface area contributed by atoms with Crippen LogP contribution in [0.1, 0.15) is 41.9 Å². The van der Waals surface area contributed by atoms with Gasteiger partial charge in [-0.25, -0.2) is 5.48 Å². The van der Waals surface area contributed by atoms with Crippen LogP contribution in [0, 0.1) is 13.8 Å². The minimum atomic E-state index is -0.525. The van der Waals surface area contributed by atoms with Crippen LogP contribution in [0.5, 0.6) is 0 Å². The molecule has 22 heavy (non-hydrogen) atoms. The predicted octanol–water partition coefficient (Wildman–Crippen LogP) is 1.67. The van der Waals surface area contributed by atoms with Gasteiger partial charge in [-0.3, -0.25) is 14.8 Å². The van der Waals surface area contributed by atoms with Gasteiger partial charge in [0, 0.05) is 11.4 Å². The van der Waals surface area contributed by atoms with Crippen LogP contribution in [0.4, 0.5) is 0 Å². The van der Waals surface area contributed by atoms with E-state index in [-0.39, 0.29) is 5.91 Å². The molecule has 7 nitrogen and oxygen atoms in total. The lowest BCUT2D eigenvalue weighted by Crippen LogP contribution is -2.35. The maximum atomic E-state index is 12.6. The lowest BCUT2D eigenvalue weighted by atomic mass is 10.1. The van der Waals surface area contributed by atoms with Crippen molar-refractivity contribution >= 4 is 23.2 Å². The van der Waals surface area contributed by atoms with Crippen molar-refractivity contribution in [2.75, 3.05) is 6.54 Å². The summed E-state index contributed by atoms with van der Waals surface area (Å²) in [6, 6.07) is 1.77. The Kier molecular flexibility index (Phi) is 3.71. The number of hydroxylamine groups is 1. The van der Waals surface area contributed by atoms with Gasteiger partial charge in [-0.15, -0.1) is 11.3 Å². The van der Waals surface area contributed by atoms with E-state index < -0.39 is 5.91 Å². The molecule has 2 amide bonds. The van der Waals surface area contributed by atoms with E-state index >= 15 is 0 Å².